The average Bonchev–Trinajstić information content (AvgIpc) is 2.31. The number of nitrogens with two attached hydrogens (primary N) is 1. The van der Waals surface area contributed by atoms with Gasteiger partial charge in [0.25, 0.3) is 6.43 Å². The summed E-state index contributed by atoms with van der Waals surface area (Å²) in [5.74, 6) is 0. The Morgan fingerprint density at radius 2 is 2.00 bits per heavy atom. The summed E-state index contributed by atoms with van der Waals surface area (Å²) in [6, 6.07) is 5.60. The standard InChI is InChI=1S/C11H15F2N3O2/c12-10(13)7-16(5-6-17)11(18)15-9-3-1-8(14)2-4-9/h1-4,10,17H,5-7,14H2,(H,15,18). The molecule has 0 spiro atoms. The molecule has 0 saturated carbocycles. The molecule has 1 aromatic rings. The molecule has 2 amide bonds. The van der Waals surface area contributed by atoms with Crippen LogP contribution in [0.5, 0.6) is 0 Å². The van der Waals surface area contributed by atoms with Crippen LogP contribution in [-0.2, 0) is 0 Å². The van der Waals surface area contributed by atoms with Crippen molar-refractivity contribution in [2.24, 2.45) is 0 Å². The number of aliphatic hydroxyl groups is 1. The quantitative estimate of drug-likeness (QED) is 0.698. The summed E-state index contributed by atoms with van der Waals surface area (Å²) in [5.41, 5.74) is 6.46. The van der Waals surface area contributed by atoms with E-state index in [1.165, 1.54) is 0 Å². The summed E-state index contributed by atoms with van der Waals surface area (Å²) in [6.45, 7) is -1.24. The molecule has 5 nitrogen and oxygen atoms in total. The molecule has 1 aromatic carbocycles. The third-order valence-electron chi connectivity index (χ3n) is 2.18. The second-order valence-electron chi connectivity index (χ2n) is 3.61. The van der Waals surface area contributed by atoms with Gasteiger partial charge in [0.05, 0.1) is 13.2 Å². The first-order chi connectivity index (χ1) is 8.52. The molecule has 0 saturated heterocycles. The van der Waals surface area contributed by atoms with Gasteiger partial charge in [0, 0.05) is 17.9 Å². The Bertz CT molecular complexity index is 384. The highest BCUT2D eigenvalue weighted by Crippen LogP contribution is 2.11. The first-order valence-corrected chi connectivity index (χ1v) is 5.33. The summed E-state index contributed by atoms with van der Waals surface area (Å²) in [6.07, 6.45) is -2.64. The molecule has 0 aliphatic heterocycles. The number of nitrogen functional groups attached to an aromatic ring is 1. The minimum atomic E-state index is -2.64. The molecule has 0 radical (unpaired) electrons. The Balaban J connectivity index is 2.63. The number of nitrogens with one attached hydrogen (secondary N) is 1. The molecule has 100 valence electrons. The number of anilines is 2. The molecule has 0 bridgehead atoms. The summed E-state index contributed by atoms with van der Waals surface area (Å²) >= 11 is 0. The van der Waals surface area contributed by atoms with Crippen LogP contribution in [0, 0.1) is 0 Å². The van der Waals surface area contributed by atoms with Gasteiger partial charge in [-0.05, 0) is 24.3 Å². The fourth-order valence-corrected chi connectivity index (χ4v) is 1.33. The number of rotatable bonds is 5. The number of nitrogens with zero attached hydrogens (tertiary/aromatic N) is 1. The van der Waals surface area contributed by atoms with Crippen molar-refractivity contribution in [1.29, 1.82) is 0 Å². The summed E-state index contributed by atoms with van der Waals surface area (Å²) in [7, 11) is 0. The number of aliphatic hydroxyl groups excluding tert-OH is 1. The van der Waals surface area contributed by atoms with Gasteiger partial charge in [0.1, 0.15) is 0 Å². The van der Waals surface area contributed by atoms with Crippen LogP contribution in [0.25, 0.3) is 0 Å². The van der Waals surface area contributed by atoms with Gasteiger partial charge in [-0.15, -0.1) is 0 Å². The lowest BCUT2D eigenvalue weighted by molar-refractivity contribution is 0.0943. The Morgan fingerprint density at radius 3 is 2.50 bits per heavy atom. The van der Waals surface area contributed by atoms with Gasteiger partial charge in [0.2, 0.25) is 0 Å². The highest BCUT2D eigenvalue weighted by atomic mass is 19.3. The van der Waals surface area contributed by atoms with Gasteiger partial charge in [0.15, 0.2) is 0 Å². The zero-order chi connectivity index (χ0) is 13.5. The van der Waals surface area contributed by atoms with Crippen molar-refractivity contribution in [2.75, 3.05) is 30.7 Å². The molecule has 1 rings (SSSR count). The fraction of sp³-hybridized carbons (Fsp3) is 0.364. The third kappa shape index (κ3) is 4.54. The number of amides is 2. The van der Waals surface area contributed by atoms with Crippen molar-refractivity contribution >= 4 is 17.4 Å². The fourth-order valence-electron chi connectivity index (χ4n) is 1.33. The van der Waals surface area contributed by atoms with Crippen molar-refractivity contribution in [1.82, 2.24) is 4.90 Å². The van der Waals surface area contributed by atoms with E-state index in [1.54, 1.807) is 24.3 Å². The van der Waals surface area contributed by atoms with Gasteiger partial charge in [-0.25, -0.2) is 13.6 Å². The molecule has 7 heteroatoms. The number of halogens is 2. The molecule has 0 fully saturated rings. The third-order valence-corrected chi connectivity index (χ3v) is 2.18. The van der Waals surface area contributed by atoms with Crippen molar-refractivity contribution in [3.8, 4) is 0 Å². The second-order valence-corrected chi connectivity index (χ2v) is 3.61. The predicted octanol–water partition coefficient (Wildman–Crippen LogP) is 1.36. The van der Waals surface area contributed by atoms with Gasteiger partial charge in [-0.1, -0.05) is 0 Å². The van der Waals surface area contributed by atoms with Crippen LogP contribution < -0.4 is 11.1 Å². The SMILES string of the molecule is Nc1ccc(NC(=O)N(CCO)CC(F)F)cc1. The largest absolute Gasteiger partial charge is 0.399 e. The van der Waals surface area contributed by atoms with E-state index in [2.05, 4.69) is 5.32 Å². The molecule has 0 aliphatic carbocycles. The Hall–Kier alpha value is -1.89. The van der Waals surface area contributed by atoms with Crippen LogP contribution in [0.2, 0.25) is 0 Å². The normalized spacial score (nSPS) is 10.4. The second kappa shape index (κ2) is 6.75. The molecular formula is C11H15F2N3O2. The van der Waals surface area contributed by atoms with E-state index in [4.69, 9.17) is 10.8 Å². The van der Waals surface area contributed by atoms with E-state index < -0.39 is 19.0 Å². The number of alkyl halides is 2. The van der Waals surface area contributed by atoms with Crippen molar-refractivity contribution in [3.63, 3.8) is 0 Å². The monoisotopic (exact) mass is 259 g/mol. The minimum Gasteiger partial charge on any atom is -0.399 e. The predicted molar refractivity (Wildman–Crippen MR) is 64.5 cm³/mol. The lowest BCUT2D eigenvalue weighted by Gasteiger charge is -2.21. The molecule has 0 aromatic heterocycles. The zero-order valence-electron chi connectivity index (χ0n) is 9.64. The van der Waals surface area contributed by atoms with E-state index in [9.17, 15) is 13.6 Å². The Labute approximate surface area is 103 Å². The highest BCUT2D eigenvalue weighted by Gasteiger charge is 2.17. The maximum atomic E-state index is 12.2. The van der Waals surface area contributed by atoms with Crippen molar-refractivity contribution in [2.45, 2.75) is 6.43 Å². The molecule has 0 atom stereocenters. The highest BCUT2D eigenvalue weighted by molar-refractivity contribution is 5.89. The Kier molecular flexibility index (Phi) is 5.31. The van der Waals surface area contributed by atoms with E-state index >= 15 is 0 Å². The number of hydrogen-bond donors (Lipinski definition) is 3. The van der Waals surface area contributed by atoms with E-state index in [1.807, 2.05) is 0 Å². The minimum absolute atomic E-state index is 0.148. The number of hydrogen-bond acceptors (Lipinski definition) is 3. The van der Waals surface area contributed by atoms with Crippen LogP contribution in [0.15, 0.2) is 24.3 Å². The average molecular weight is 259 g/mol. The van der Waals surface area contributed by atoms with Crippen LogP contribution in [-0.4, -0.2) is 42.2 Å². The molecule has 0 unspecified atom stereocenters. The van der Waals surface area contributed by atoms with Crippen LogP contribution in [0.1, 0.15) is 0 Å². The molecular weight excluding hydrogens is 244 g/mol. The van der Waals surface area contributed by atoms with Gasteiger partial charge in [-0.2, -0.15) is 0 Å². The van der Waals surface area contributed by atoms with E-state index in [-0.39, 0.29) is 13.2 Å². The smallest absolute Gasteiger partial charge is 0.322 e. The number of benzene rings is 1. The van der Waals surface area contributed by atoms with Crippen LogP contribution >= 0.6 is 0 Å². The zero-order valence-corrected chi connectivity index (χ0v) is 9.64. The first-order valence-electron chi connectivity index (χ1n) is 5.33. The maximum absolute atomic E-state index is 12.2. The van der Waals surface area contributed by atoms with Crippen molar-refractivity contribution in [3.05, 3.63) is 24.3 Å². The van der Waals surface area contributed by atoms with Crippen molar-refractivity contribution < 1.29 is 18.7 Å². The number of urea groups is 1. The van der Waals surface area contributed by atoms with Gasteiger partial charge >= 0.3 is 6.03 Å². The van der Waals surface area contributed by atoms with Crippen LogP contribution in [0.4, 0.5) is 25.0 Å². The number of carbonyl (C=O) groups excluding carboxylic acids is 1. The van der Waals surface area contributed by atoms with E-state index in [0.29, 0.717) is 11.4 Å². The maximum Gasteiger partial charge on any atom is 0.322 e. The number of carbonyl (C=O) groups is 1. The lowest BCUT2D eigenvalue weighted by atomic mass is 10.3. The molecule has 4 N–H and O–H groups in total. The Morgan fingerprint density at radius 1 is 1.39 bits per heavy atom. The lowest BCUT2D eigenvalue weighted by Crippen LogP contribution is -2.40. The first kappa shape index (κ1) is 14.2. The summed E-state index contributed by atoms with van der Waals surface area (Å²) < 4.78 is 24.5. The molecule has 18 heavy (non-hydrogen) atoms. The van der Waals surface area contributed by atoms with Crippen LogP contribution in [0.3, 0.4) is 0 Å². The topological polar surface area (TPSA) is 78.6 Å². The molecule has 0 aliphatic rings. The van der Waals surface area contributed by atoms with E-state index in [0.717, 1.165) is 4.90 Å². The molecule has 0 heterocycles. The van der Waals surface area contributed by atoms with Gasteiger partial charge in [-0.3, -0.25) is 0 Å². The summed E-state index contributed by atoms with van der Waals surface area (Å²) in [4.78, 5) is 12.5. The van der Waals surface area contributed by atoms with Gasteiger partial charge < -0.3 is 21.1 Å². The summed E-state index contributed by atoms with van der Waals surface area (Å²) in [5, 5.41) is 11.2.